The lowest BCUT2D eigenvalue weighted by atomic mass is 10.2. The van der Waals surface area contributed by atoms with Crippen LogP contribution in [0.4, 0.5) is 10.1 Å². The van der Waals surface area contributed by atoms with Crippen molar-refractivity contribution in [3.8, 4) is 0 Å². The molecule has 1 aromatic carbocycles. The summed E-state index contributed by atoms with van der Waals surface area (Å²) in [5, 5.41) is 2.11. The molecule has 70 valence electrons. The molecule has 0 aliphatic heterocycles. The van der Waals surface area contributed by atoms with Gasteiger partial charge in [0.05, 0.1) is 5.16 Å². The summed E-state index contributed by atoms with van der Waals surface area (Å²) in [7, 11) is 0. The van der Waals surface area contributed by atoms with Crippen LogP contribution in [0.5, 0.6) is 0 Å². The number of hydrogen-bond donors (Lipinski definition) is 0. The zero-order valence-electron chi connectivity index (χ0n) is 7.97. The number of aliphatic imine (C=N–C) groups is 1. The maximum atomic E-state index is 12.9. The highest BCUT2D eigenvalue weighted by Crippen LogP contribution is 2.17. The molecular formula is C10H12FNS. The van der Waals surface area contributed by atoms with Crippen LogP contribution in [0.2, 0.25) is 0 Å². The molecule has 0 spiro atoms. The van der Waals surface area contributed by atoms with Crippen molar-refractivity contribution in [2.45, 2.75) is 20.8 Å². The summed E-state index contributed by atoms with van der Waals surface area (Å²) >= 11 is 4.34. The average molecular weight is 197 g/mol. The molecule has 0 radical (unpaired) electrons. The van der Waals surface area contributed by atoms with Gasteiger partial charge in [0.25, 0.3) is 0 Å². The van der Waals surface area contributed by atoms with Gasteiger partial charge in [0.15, 0.2) is 0 Å². The molecule has 0 atom stereocenters. The number of halogens is 1. The van der Waals surface area contributed by atoms with E-state index in [0.29, 0.717) is 0 Å². The average Bonchev–Trinajstić information content (AvgIpc) is 2.14. The van der Waals surface area contributed by atoms with Gasteiger partial charge in [0.1, 0.15) is 11.5 Å². The third kappa shape index (κ3) is 3.92. The van der Waals surface area contributed by atoms with Crippen LogP contribution >= 0.6 is 12.2 Å². The van der Waals surface area contributed by atoms with E-state index in [1.807, 2.05) is 20.8 Å². The summed E-state index contributed by atoms with van der Waals surface area (Å²) < 4.78 is 12.9. The molecule has 0 unspecified atom stereocenters. The third-order valence-corrected chi connectivity index (χ3v) is 1.36. The second-order valence-electron chi connectivity index (χ2n) is 2.16. The maximum absolute atomic E-state index is 12.9. The summed E-state index contributed by atoms with van der Waals surface area (Å²) in [5.41, 5.74) is 1.11. The van der Waals surface area contributed by atoms with Gasteiger partial charge in [-0.1, -0.05) is 19.9 Å². The van der Waals surface area contributed by atoms with Gasteiger partial charge in [-0.2, -0.15) is 4.99 Å². The van der Waals surface area contributed by atoms with Crippen LogP contribution in [-0.4, -0.2) is 5.16 Å². The van der Waals surface area contributed by atoms with E-state index in [1.165, 1.54) is 6.07 Å². The molecule has 0 saturated heterocycles. The van der Waals surface area contributed by atoms with E-state index in [0.717, 1.165) is 5.56 Å². The molecule has 1 rings (SSSR count). The number of thiocarbonyl (C=S) groups is 1. The van der Waals surface area contributed by atoms with Crippen LogP contribution in [0.15, 0.2) is 23.2 Å². The molecule has 0 aliphatic rings. The molecule has 13 heavy (non-hydrogen) atoms. The van der Waals surface area contributed by atoms with Crippen molar-refractivity contribution < 1.29 is 4.39 Å². The number of nitrogens with zero attached hydrogens (tertiary/aromatic N) is 1. The van der Waals surface area contributed by atoms with Gasteiger partial charge in [0.2, 0.25) is 0 Å². The molecule has 1 aromatic rings. The van der Waals surface area contributed by atoms with Crippen LogP contribution in [0.25, 0.3) is 0 Å². The highest BCUT2D eigenvalue weighted by atomic mass is 32.1. The highest BCUT2D eigenvalue weighted by Gasteiger charge is 1.97. The van der Waals surface area contributed by atoms with Crippen molar-refractivity contribution in [1.29, 1.82) is 0 Å². The summed E-state index contributed by atoms with van der Waals surface area (Å²) in [6, 6.07) is 4.75. The topological polar surface area (TPSA) is 12.4 Å². The fraction of sp³-hybridized carbons (Fsp3) is 0.300. The van der Waals surface area contributed by atoms with Gasteiger partial charge in [0, 0.05) is 0 Å². The van der Waals surface area contributed by atoms with E-state index in [1.54, 1.807) is 12.1 Å². The van der Waals surface area contributed by atoms with Gasteiger partial charge >= 0.3 is 0 Å². The Morgan fingerprint density at radius 3 is 2.46 bits per heavy atom. The van der Waals surface area contributed by atoms with Crippen molar-refractivity contribution in [1.82, 2.24) is 0 Å². The monoisotopic (exact) mass is 197 g/mol. The Bertz CT molecular complexity index is 317. The molecule has 0 fully saturated rings. The normalized spacial score (nSPS) is 8.00. The summed E-state index contributed by atoms with van der Waals surface area (Å²) in [6.07, 6.45) is 0. The van der Waals surface area contributed by atoms with Crippen molar-refractivity contribution in [2.24, 2.45) is 4.99 Å². The molecular weight excluding hydrogens is 185 g/mol. The molecule has 0 bridgehead atoms. The van der Waals surface area contributed by atoms with E-state index < -0.39 is 0 Å². The molecule has 3 heteroatoms. The molecule has 0 aromatic heterocycles. The predicted molar refractivity (Wildman–Crippen MR) is 57.2 cm³/mol. The Hall–Kier alpha value is -1.05. The zero-order valence-corrected chi connectivity index (χ0v) is 8.78. The zero-order chi connectivity index (χ0) is 10.3. The van der Waals surface area contributed by atoms with Crippen LogP contribution in [0, 0.1) is 12.7 Å². The van der Waals surface area contributed by atoms with E-state index >= 15 is 0 Å². The fourth-order valence-electron chi connectivity index (χ4n) is 0.752. The SMILES string of the molecule is CC.Cc1ccc(N=C=S)c(F)c1. The van der Waals surface area contributed by atoms with Crippen molar-refractivity contribution in [2.75, 3.05) is 0 Å². The van der Waals surface area contributed by atoms with E-state index in [-0.39, 0.29) is 11.5 Å². The van der Waals surface area contributed by atoms with E-state index in [9.17, 15) is 4.39 Å². The minimum atomic E-state index is -0.359. The Balaban J connectivity index is 0.000000671. The molecule has 0 amide bonds. The van der Waals surface area contributed by atoms with Crippen LogP contribution in [-0.2, 0) is 0 Å². The lowest BCUT2D eigenvalue weighted by Crippen LogP contribution is -1.77. The Morgan fingerprint density at radius 2 is 2.00 bits per heavy atom. The third-order valence-electron chi connectivity index (χ3n) is 1.27. The van der Waals surface area contributed by atoms with Crippen LogP contribution in [0.1, 0.15) is 19.4 Å². The number of benzene rings is 1. The first kappa shape index (κ1) is 11.9. The first-order valence-corrected chi connectivity index (χ1v) is 4.49. The maximum Gasteiger partial charge on any atom is 0.149 e. The molecule has 1 nitrogen and oxygen atoms in total. The second-order valence-corrected chi connectivity index (χ2v) is 2.34. The van der Waals surface area contributed by atoms with E-state index in [2.05, 4.69) is 22.4 Å². The van der Waals surface area contributed by atoms with Crippen molar-refractivity contribution in [3.05, 3.63) is 29.6 Å². The quantitative estimate of drug-likeness (QED) is 0.491. The summed E-state index contributed by atoms with van der Waals surface area (Å²) in [4.78, 5) is 3.54. The van der Waals surface area contributed by atoms with Crippen molar-refractivity contribution in [3.63, 3.8) is 0 Å². The van der Waals surface area contributed by atoms with Gasteiger partial charge < -0.3 is 0 Å². The van der Waals surface area contributed by atoms with Gasteiger partial charge in [-0.3, -0.25) is 0 Å². The molecule has 0 aliphatic carbocycles. The van der Waals surface area contributed by atoms with Gasteiger partial charge in [-0.05, 0) is 36.8 Å². The number of isothiocyanates is 1. The molecule has 0 heterocycles. The minimum Gasteiger partial charge on any atom is -0.205 e. The van der Waals surface area contributed by atoms with Gasteiger partial charge in [-0.25, -0.2) is 4.39 Å². The van der Waals surface area contributed by atoms with Crippen LogP contribution < -0.4 is 0 Å². The Morgan fingerprint density at radius 1 is 1.38 bits per heavy atom. The van der Waals surface area contributed by atoms with Gasteiger partial charge in [-0.15, -0.1) is 0 Å². The summed E-state index contributed by atoms with van der Waals surface area (Å²) in [5.74, 6) is -0.359. The lowest BCUT2D eigenvalue weighted by Gasteiger charge is -1.94. The Labute approximate surface area is 83.3 Å². The highest BCUT2D eigenvalue weighted by molar-refractivity contribution is 7.78. The Kier molecular flexibility index (Phi) is 5.94. The van der Waals surface area contributed by atoms with Crippen LogP contribution in [0.3, 0.4) is 0 Å². The smallest absolute Gasteiger partial charge is 0.149 e. The summed E-state index contributed by atoms with van der Waals surface area (Å²) in [6.45, 7) is 5.81. The molecule has 0 N–H and O–H groups in total. The number of hydrogen-bond acceptors (Lipinski definition) is 2. The number of rotatable bonds is 1. The first-order valence-electron chi connectivity index (χ1n) is 4.08. The van der Waals surface area contributed by atoms with E-state index in [4.69, 9.17) is 0 Å². The number of aryl methyl sites for hydroxylation is 1. The predicted octanol–water partition coefficient (Wildman–Crippen LogP) is 3.89. The minimum absolute atomic E-state index is 0.241. The van der Waals surface area contributed by atoms with Crippen molar-refractivity contribution >= 4 is 23.1 Å². The largest absolute Gasteiger partial charge is 0.205 e. The molecule has 0 saturated carbocycles. The second kappa shape index (κ2) is 6.46. The standard InChI is InChI=1S/C8H6FNS.C2H6/c1-6-2-3-8(10-5-11)7(9)4-6;1-2/h2-4H,1H3;1-2H3. The first-order chi connectivity index (χ1) is 6.24. The fourth-order valence-corrected chi connectivity index (χ4v) is 0.850. The lowest BCUT2D eigenvalue weighted by molar-refractivity contribution is 0.629.